The summed E-state index contributed by atoms with van der Waals surface area (Å²) in [7, 11) is 0. The number of ether oxygens (including phenoxy) is 4. The van der Waals surface area contributed by atoms with Crippen LogP contribution in [0.15, 0.2) is 78.9 Å². The molecule has 3 aromatic rings. The first kappa shape index (κ1) is 30.1. The van der Waals surface area contributed by atoms with Gasteiger partial charge < -0.3 is 24.3 Å². The Morgan fingerprint density at radius 2 is 1.44 bits per heavy atom. The van der Waals surface area contributed by atoms with Crippen molar-refractivity contribution in [3.63, 3.8) is 0 Å². The van der Waals surface area contributed by atoms with Crippen LogP contribution in [-0.2, 0) is 26.0 Å². The number of carbonyl (C=O) groups is 2. The Morgan fingerprint density at radius 1 is 0.854 bits per heavy atom. The summed E-state index contributed by atoms with van der Waals surface area (Å²) < 4.78 is 23.2. The molecule has 41 heavy (non-hydrogen) atoms. The quantitative estimate of drug-likeness (QED) is 0.201. The Morgan fingerprint density at radius 3 is 2.00 bits per heavy atom. The number of hydrogen-bond donors (Lipinski definition) is 1. The molecule has 0 bridgehead atoms. The molecule has 1 N–H and O–H groups in total. The molecule has 0 fully saturated rings. The van der Waals surface area contributed by atoms with Crippen molar-refractivity contribution < 1.29 is 28.5 Å². The van der Waals surface area contributed by atoms with Gasteiger partial charge in [-0.25, -0.2) is 9.59 Å². The number of amides is 1. The van der Waals surface area contributed by atoms with Crippen LogP contribution in [0.25, 0.3) is 0 Å². The third-order valence-corrected chi connectivity index (χ3v) is 8.22. The van der Waals surface area contributed by atoms with Crippen LogP contribution in [0.4, 0.5) is 9.59 Å². The Balaban J connectivity index is 1.56. The normalized spacial score (nSPS) is 18.9. The van der Waals surface area contributed by atoms with Crippen LogP contribution in [0.5, 0.6) is 5.75 Å². The summed E-state index contributed by atoms with van der Waals surface area (Å²) in [5.41, 5.74) is 3.47. The van der Waals surface area contributed by atoms with Crippen molar-refractivity contribution in [3.05, 3.63) is 101 Å². The summed E-state index contributed by atoms with van der Waals surface area (Å²) in [4.78, 5) is 25.9. The number of benzene rings is 3. The maximum atomic E-state index is 13.2. The van der Waals surface area contributed by atoms with E-state index in [1.807, 2.05) is 93.6 Å². The van der Waals surface area contributed by atoms with E-state index in [1.54, 1.807) is 6.07 Å². The van der Waals surface area contributed by atoms with Gasteiger partial charge in [-0.1, -0.05) is 80.6 Å². The van der Waals surface area contributed by atoms with Crippen LogP contribution < -0.4 is 10.1 Å². The van der Waals surface area contributed by atoms with Crippen molar-refractivity contribution >= 4 is 12.2 Å². The zero-order valence-electron chi connectivity index (χ0n) is 24.6. The maximum Gasteiger partial charge on any atom is 0.514 e. The summed E-state index contributed by atoms with van der Waals surface area (Å²) in [6.45, 7) is 10.4. The summed E-state index contributed by atoms with van der Waals surface area (Å²) in [5.74, 6) is 0.397. The molecule has 218 valence electrons. The van der Waals surface area contributed by atoms with Gasteiger partial charge in [0.2, 0.25) is 0 Å². The Hall–Kier alpha value is -3.84. The minimum atomic E-state index is -0.768. The van der Waals surface area contributed by atoms with Crippen LogP contribution in [0.2, 0.25) is 0 Å². The van der Waals surface area contributed by atoms with Crippen molar-refractivity contribution in [1.82, 2.24) is 5.32 Å². The maximum absolute atomic E-state index is 13.2. The predicted molar refractivity (Wildman–Crippen MR) is 158 cm³/mol. The second kappa shape index (κ2) is 13.7. The zero-order chi connectivity index (χ0) is 29.4. The molecular formula is C34H41NO6. The van der Waals surface area contributed by atoms with Crippen molar-refractivity contribution in [1.29, 1.82) is 0 Å². The van der Waals surface area contributed by atoms with Gasteiger partial charge in [0.1, 0.15) is 18.0 Å². The molecule has 7 heteroatoms. The van der Waals surface area contributed by atoms with Gasteiger partial charge in [0.05, 0.1) is 12.1 Å². The van der Waals surface area contributed by atoms with Gasteiger partial charge in [-0.3, -0.25) is 0 Å². The lowest BCUT2D eigenvalue weighted by Gasteiger charge is -2.48. The molecule has 1 aliphatic carbocycles. The van der Waals surface area contributed by atoms with Crippen molar-refractivity contribution in [3.8, 4) is 5.75 Å². The number of fused-ring (bicyclic) bond motifs is 1. The molecule has 3 aromatic carbocycles. The fraction of sp³-hybridized carbons (Fsp3) is 0.412. The van der Waals surface area contributed by atoms with Gasteiger partial charge >= 0.3 is 12.2 Å². The lowest BCUT2D eigenvalue weighted by atomic mass is 9.62. The number of hydrogen-bond acceptors (Lipinski definition) is 6. The first-order valence-corrected chi connectivity index (χ1v) is 14.5. The minimum absolute atomic E-state index is 0.240. The summed E-state index contributed by atoms with van der Waals surface area (Å²) in [5, 5.41) is 3.17. The smallest absolute Gasteiger partial charge is 0.442 e. The third-order valence-electron chi connectivity index (χ3n) is 8.22. The second-order valence-electron chi connectivity index (χ2n) is 10.5. The molecule has 0 saturated carbocycles. The van der Waals surface area contributed by atoms with Crippen LogP contribution in [0.3, 0.4) is 0 Å². The standard InChI is InChI=1S/C34H41NO6/c1-6-34(7-2)29-22-28(41-33(37)40-24(5)26-17-13-10-14-18-26)20-19-27(29)21-30(38-8-3)31(34)35-32(36)39-23(4)25-15-11-9-12-16-25/h9-20,22-24,30-31H,6-8,21H2,1-5H3,(H,35,36)/t23-,24-,30?,31?/m0/s1. The van der Waals surface area contributed by atoms with E-state index in [-0.39, 0.29) is 12.1 Å². The van der Waals surface area contributed by atoms with Gasteiger partial charge in [-0.15, -0.1) is 0 Å². The van der Waals surface area contributed by atoms with Crippen molar-refractivity contribution in [2.75, 3.05) is 6.61 Å². The van der Waals surface area contributed by atoms with E-state index in [0.717, 1.165) is 35.1 Å². The van der Waals surface area contributed by atoms with Crippen molar-refractivity contribution in [2.45, 2.75) is 83.6 Å². The van der Waals surface area contributed by atoms with Gasteiger partial charge in [-0.2, -0.15) is 0 Å². The molecule has 4 atom stereocenters. The highest BCUT2D eigenvalue weighted by Gasteiger charge is 2.48. The average Bonchev–Trinajstić information content (AvgIpc) is 2.98. The fourth-order valence-electron chi connectivity index (χ4n) is 5.96. The Bertz CT molecular complexity index is 1290. The van der Waals surface area contributed by atoms with Gasteiger partial charge in [0, 0.05) is 18.4 Å². The number of carbonyl (C=O) groups excluding carboxylic acids is 2. The van der Waals surface area contributed by atoms with Crippen LogP contribution >= 0.6 is 0 Å². The second-order valence-corrected chi connectivity index (χ2v) is 10.5. The SMILES string of the molecule is CCOC1Cc2ccc(OC(=O)O[C@@H](C)c3ccccc3)cc2C(CC)(CC)C1NC(=O)O[C@@H](C)c1ccccc1. The Kier molecular flexibility index (Phi) is 10.1. The third kappa shape index (κ3) is 6.91. The molecule has 0 heterocycles. The fourth-order valence-corrected chi connectivity index (χ4v) is 5.96. The summed E-state index contributed by atoms with van der Waals surface area (Å²) in [6, 6.07) is 24.5. The summed E-state index contributed by atoms with van der Waals surface area (Å²) >= 11 is 0. The van der Waals surface area contributed by atoms with Gasteiger partial charge in [-0.05, 0) is 68.0 Å². The molecule has 0 aromatic heterocycles. The molecule has 0 aliphatic heterocycles. The molecule has 7 nitrogen and oxygen atoms in total. The number of nitrogens with one attached hydrogen (secondary N) is 1. The first-order valence-electron chi connectivity index (χ1n) is 14.5. The number of alkyl carbamates (subject to hydrolysis) is 1. The molecule has 1 aliphatic rings. The molecule has 0 saturated heterocycles. The van der Waals surface area contributed by atoms with E-state index < -0.39 is 29.9 Å². The number of rotatable bonds is 10. The highest BCUT2D eigenvalue weighted by Crippen LogP contribution is 2.45. The molecule has 0 radical (unpaired) electrons. The lowest BCUT2D eigenvalue weighted by molar-refractivity contribution is -0.00398. The van der Waals surface area contributed by atoms with Gasteiger partial charge in [0.15, 0.2) is 0 Å². The average molecular weight is 560 g/mol. The van der Waals surface area contributed by atoms with E-state index in [2.05, 4.69) is 19.2 Å². The minimum Gasteiger partial charge on any atom is -0.442 e. The summed E-state index contributed by atoms with van der Waals surface area (Å²) in [6.07, 6.45) is -0.268. The molecule has 2 unspecified atom stereocenters. The first-order chi connectivity index (χ1) is 19.8. The van der Waals surface area contributed by atoms with E-state index >= 15 is 0 Å². The van der Waals surface area contributed by atoms with Crippen LogP contribution in [0, 0.1) is 0 Å². The van der Waals surface area contributed by atoms with E-state index in [4.69, 9.17) is 18.9 Å². The largest absolute Gasteiger partial charge is 0.514 e. The van der Waals surface area contributed by atoms with E-state index in [0.29, 0.717) is 18.8 Å². The van der Waals surface area contributed by atoms with Crippen molar-refractivity contribution in [2.24, 2.45) is 0 Å². The highest BCUT2D eigenvalue weighted by atomic mass is 16.7. The molecular weight excluding hydrogens is 518 g/mol. The topological polar surface area (TPSA) is 83.1 Å². The molecule has 1 amide bonds. The molecule has 4 rings (SSSR count). The van der Waals surface area contributed by atoms with Crippen LogP contribution in [0.1, 0.15) is 81.9 Å². The Labute approximate surface area is 243 Å². The van der Waals surface area contributed by atoms with Crippen LogP contribution in [-0.4, -0.2) is 31.0 Å². The molecule has 0 spiro atoms. The monoisotopic (exact) mass is 559 g/mol. The zero-order valence-corrected chi connectivity index (χ0v) is 24.6. The van der Waals surface area contributed by atoms with E-state index in [9.17, 15) is 9.59 Å². The highest BCUT2D eigenvalue weighted by molar-refractivity contribution is 5.69. The van der Waals surface area contributed by atoms with E-state index in [1.165, 1.54) is 0 Å². The predicted octanol–water partition coefficient (Wildman–Crippen LogP) is 7.84. The lowest BCUT2D eigenvalue weighted by Crippen LogP contribution is -2.60. The van der Waals surface area contributed by atoms with Gasteiger partial charge in [0.25, 0.3) is 0 Å².